The molecule has 1 aromatic rings. The normalized spacial score (nSPS) is 21.6. The molecule has 1 aliphatic rings. The van der Waals surface area contributed by atoms with E-state index in [2.05, 4.69) is 5.32 Å². The zero-order valence-electron chi connectivity index (χ0n) is 14.4. The summed E-state index contributed by atoms with van der Waals surface area (Å²) in [7, 11) is 3.15. The Kier molecular flexibility index (Phi) is 6.06. The van der Waals surface area contributed by atoms with Gasteiger partial charge >= 0.3 is 5.97 Å². The number of amides is 1. The predicted molar refractivity (Wildman–Crippen MR) is 89.2 cm³/mol. The SMILES string of the molecule is COc1ccc(OC)c([C@H](C)NC(=O)[C@H]2CCCC[C@H]2C(=O)O)c1. The molecule has 6 heteroatoms. The van der Waals surface area contributed by atoms with Crippen LogP contribution in [0.1, 0.15) is 44.2 Å². The van der Waals surface area contributed by atoms with Crippen LogP contribution in [0.15, 0.2) is 18.2 Å². The largest absolute Gasteiger partial charge is 0.497 e. The monoisotopic (exact) mass is 335 g/mol. The quantitative estimate of drug-likeness (QED) is 0.835. The highest BCUT2D eigenvalue weighted by Crippen LogP contribution is 2.33. The smallest absolute Gasteiger partial charge is 0.307 e. The Morgan fingerprint density at radius 1 is 1.17 bits per heavy atom. The maximum atomic E-state index is 12.6. The fraction of sp³-hybridized carbons (Fsp3) is 0.556. The number of carbonyl (C=O) groups excluding carboxylic acids is 1. The lowest BCUT2D eigenvalue weighted by Gasteiger charge is -2.29. The number of ether oxygens (including phenoxy) is 2. The van der Waals surface area contributed by atoms with E-state index >= 15 is 0 Å². The summed E-state index contributed by atoms with van der Waals surface area (Å²) in [6.45, 7) is 1.85. The number of benzene rings is 1. The molecule has 0 unspecified atom stereocenters. The van der Waals surface area contributed by atoms with Crippen molar-refractivity contribution in [3.63, 3.8) is 0 Å². The molecule has 6 nitrogen and oxygen atoms in total. The summed E-state index contributed by atoms with van der Waals surface area (Å²) >= 11 is 0. The molecule has 0 aromatic heterocycles. The molecule has 2 rings (SSSR count). The van der Waals surface area contributed by atoms with Gasteiger partial charge in [0.25, 0.3) is 0 Å². The molecule has 24 heavy (non-hydrogen) atoms. The number of rotatable bonds is 6. The minimum atomic E-state index is -0.888. The molecular weight excluding hydrogens is 310 g/mol. The van der Waals surface area contributed by atoms with Gasteiger partial charge in [-0.05, 0) is 38.0 Å². The van der Waals surface area contributed by atoms with E-state index in [-0.39, 0.29) is 11.9 Å². The molecule has 0 saturated heterocycles. The van der Waals surface area contributed by atoms with Crippen LogP contribution in [0.2, 0.25) is 0 Å². The van der Waals surface area contributed by atoms with E-state index in [0.29, 0.717) is 24.3 Å². The summed E-state index contributed by atoms with van der Waals surface area (Å²) in [6, 6.07) is 5.09. The van der Waals surface area contributed by atoms with E-state index in [0.717, 1.165) is 18.4 Å². The van der Waals surface area contributed by atoms with Gasteiger partial charge in [-0.1, -0.05) is 12.8 Å². The second-order valence-corrected chi connectivity index (χ2v) is 6.17. The van der Waals surface area contributed by atoms with Crippen LogP contribution in [-0.2, 0) is 9.59 Å². The van der Waals surface area contributed by atoms with Crippen molar-refractivity contribution in [1.82, 2.24) is 5.32 Å². The summed E-state index contributed by atoms with van der Waals surface area (Å²) in [5.41, 5.74) is 0.799. The van der Waals surface area contributed by atoms with Gasteiger partial charge in [-0.3, -0.25) is 9.59 Å². The maximum Gasteiger partial charge on any atom is 0.307 e. The molecule has 1 aromatic carbocycles. The Balaban J connectivity index is 2.14. The van der Waals surface area contributed by atoms with Gasteiger partial charge in [0, 0.05) is 5.56 Å². The second-order valence-electron chi connectivity index (χ2n) is 6.17. The van der Waals surface area contributed by atoms with E-state index in [1.54, 1.807) is 26.4 Å². The van der Waals surface area contributed by atoms with Crippen molar-refractivity contribution in [1.29, 1.82) is 0 Å². The van der Waals surface area contributed by atoms with Crippen molar-refractivity contribution in [3.8, 4) is 11.5 Å². The summed E-state index contributed by atoms with van der Waals surface area (Å²) in [6.07, 6.45) is 2.92. The number of nitrogens with one attached hydrogen (secondary N) is 1. The Labute approximate surface area is 142 Å². The topological polar surface area (TPSA) is 84.9 Å². The average Bonchev–Trinajstić information content (AvgIpc) is 2.60. The second kappa shape index (κ2) is 8.04. The van der Waals surface area contributed by atoms with Gasteiger partial charge in [0.1, 0.15) is 11.5 Å². The van der Waals surface area contributed by atoms with Gasteiger partial charge in [-0.25, -0.2) is 0 Å². The first-order valence-corrected chi connectivity index (χ1v) is 8.23. The van der Waals surface area contributed by atoms with E-state index < -0.39 is 17.8 Å². The zero-order chi connectivity index (χ0) is 17.7. The molecule has 3 atom stereocenters. The first-order valence-electron chi connectivity index (χ1n) is 8.23. The van der Waals surface area contributed by atoms with E-state index in [4.69, 9.17) is 9.47 Å². The van der Waals surface area contributed by atoms with Gasteiger partial charge in [-0.15, -0.1) is 0 Å². The number of carboxylic acid groups (broad SMARTS) is 1. The van der Waals surface area contributed by atoms with Crippen LogP contribution < -0.4 is 14.8 Å². The van der Waals surface area contributed by atoms with Crippen LogP contribution in [0.5, 0.6) is 11.5 Å². The van der Waals surface area contributed by atoms with Gasteiger partial charge in [0.05, 0.1) is 32.1 Å². The molecule has 1 saturated carbocycles. The van der Waals surface area contributed by atoms with Crippen molar-refractivity contribution in [2.75, 3.05) is 14.2 Å². The number of carbonyl (C=O) groups is 2. The minimum Gasteiger partial charge on any atom is -0.497 e. The molecule has 2 N–H and O–H groups in total. The van der Waals surface area contributed by atoms with Crippen molar-refractivity contribution in [2.45, 2.75) is 38.6 Å². The summed E-state index contributed by atoms with van der Waals surface area (Å²) < 4.78 is 10.6. The van der Waals surface area contributed by atoms with Crippen LogP contribution in [-0.4, -0.2) is 31.2 Å². The number of methoxy groups -OCH3 is 2. The van der Waals surface area contributed by atoms with E-state index in [1.165, 1.54) is 0 Å². The van der Waals surface area contributed by atoms with Crippen LogP contribution >= 0.6 is 0 Å². The Morgan fingerprint density at radius 2 is 1.83 bits per heavy atom. The van der Waals surface area contributed by atoms with Crippen LogP contribution in [0.25, 0.3) is 0 Å². The molecule has 0 aliphatic heterocycles. The summed E-state index contributed by atoms with van der Waals surface area (Å²) in [5, 5.41) is 12.3. The third-order valence-corrected chi connectivity index (χ3v) is 4.68. The maximum absolute atomic E-state index is 12.6. The average molecular weight is 335 g/mol. The van der Waals surface area contributed by atoms with E-state index in [9.17, 15) is 14.7 Å². The molecule has 0 bridgehead atoms. The van der Waals surface area contributed by atoms with Gasteiger partial charge in [0.15, 0.2) is 0 Å². The number of hydrogen-bond acceptors (Lipinski definition) is 4. The molecule has 0 heterocycles. The molecule has 0 radical (unpaired) electrons. The molecule has 132 valence electrons. The molecule has 0 spiro atoms. The predicted octanol–water partition coefficient (Wildman–Crippen LogP) is 2.77. The van der Waals surface area contributed by atoms with Gasteiger partial charge < -0.3 is 19.9 Å². The van der Waals surface area contributed by atoms with E-state index in [1.807, 2.05) is 13.0 Å². The van der Waals surface area contributed by atoms with Crippen molar-refractivity contribution >= 4 is 11.9 Å². The molecule has 1 aliphatic carbocycles. The van der Waals surface area contributed by atoms with Crippen LogP contribution in [0.4, 0.5) is 0 Å². The Morgan fingerprint density at radius 3 is 2.42 bits per heavy atom. The summed E-state index contributed by atoms with van der Waals surface area (Å²) in [4.78, 5) is 24.0. The fourth-order valence-electron chi connectivity index (χ4n) is 3.32. The number of aliphatic carboxylic acids is 1. The minimum absolute atomic E-state index is 0.209. The van der Waals surface area contributed by atoms with Gasteiger partial charge in [0.2, 0.25) is 5.91 Å². The lowest BCUT2D eigenvalue weighted by molar-refractivity contribution is -0.149. The highest BCUT2D eigenvalue weighted by Gasteiger charge is 2.36. The first kappa shape index (κ1) is 18.1. The van der Waals surface area contributed by atoms with Crippen molar-refractivity contribution in [3.05, 3.63) is 23.8 Å². The van der Waals surface area contributed by atoms with Crippen molar-refractivity contribution in [2.24, 2.45) is 11.8 Å². The molecule has 1 amide bonds. The number of hydrogen-bond donors (Lipinski definition) is 2. The molecular formula is C18H25NO5. The van der Waals surface area contributed by atoms with Crippen LogP contribution in [0.3, 0.4) is 0 Å². The third-order valence-electron chi connectivity index (χ3n) is 4.68. The summed E-state index contributed by atoms with van der Waals surface area (Å²) in [5.74, 6) is -0.843. The zero-order valence-corrected chi connectivity index (χ0v) is 14.4. The Hall–Kier alpha value is -2.24. The Bertz CT molecular complexity index is 601. The number of carboxylic acids is 1. The highest BCUT2D eigenvalue weighted by molar-refractivity contribution is 5.85. The fourth-order valence-corrected chi connectivity index (χ4v) is 3.32. The van der Waals surface area contributed by atoms with Crippen molar-refractivity contribution < 1.29 is 24.2 Å². The van der Waals surface area contributed by atoms with Gasteiger partial charge in [-0.2, -0.15) is 0 Å². The lowest BCUT2D eigenvalue weighted by Crippen LogP contribution is -2.40. The third kappa shape index (κ3) is 3.99. The first-order chi connectivity index (χ1) is 11.5. The lowest BCUT2D eigenvalue weighted by atomic mass is 9.78. The standard InChI is InChI=1S/C18H25NO5/c1-11(15-10-12(23-2)8-9-16(15)24-3)19-17(20)13-6-4-5-7-14(13)18(21)22/h8-11,13-14H,4-7H2,1-3H3,(H,19,20)(H,21,22)/t11-,13-,14+/m0/s1. The highest BCUT2D eigenvalue weighted by atomic mass is 16.5. The van der Waals surface area contributed by atoms with Crippen LogP contribution in [0, 0.1) is 11.8 Å². The molecule has 1 fully saturated rings.